The zero-order valence-electron chi connectivity index (χ0n) is 20.8. The lowest BCUT2D eigenvalue weighted by Gasteiger charge is -2.36. The molecule has 2 heterocycles. The minimum absolute atomic E-state index is 0.0831. The number of carbonyl (C=O) groups excluding carboxylic acids is 2. The number of amides is 2. The number of fused-ring (bicyclic) bond motifs is 1. The molecule has 1 aliphatic heterocycles. The Morgan fingerprint density at radius 2 is 2.06 bits per heavy atom. The van der Waals surface area contributed by atoms with E-state index in [1.54, 1.807) is 50.4 Å². The Labute approximate surface area is 202 Å². The van der Waals surface area contributed by atoms with Gasteiger partial charge in [0.05, 0.1) is 11.7 Å². The molecule has 0 spiro atoms. The summed E-state index contributed by atoms with van der Waals surface area (Å²) >= 11 is 0. The minimum Gasteiger partial charge on any atom is -0.491 e. The number of anilines is 1. The van der Waals surface area contributed by atoms with Gasteiger partial charge in [-0.2, -0.15) is 0 Å². The summed E-state index contributed by atoms with van der Waals surface area (Å²) in [4.78, 5) is 33.5. The van der Waals surface area contributed by atoms with Crippen LogP contribution in [0, 0.1) is 5.92 Å². The Morgan fingerprint density at radius 3 is 2.74 bits per heavy atom. The van der Waals surface area contributed by atoms with E-state index in [0.29, 0.717) is 36.6 Å². The summed E-state index contributed by atoms with van der Waals surface area (Å²) in [5, 5.41) is 2.83. The Kier molecular flexibility index (Phi) is 9.01. The van der Waals surface area contributed by atoms with E-state index in [-0.39, 0.29) is 29.9 Å². The molecule has 3 rings (SSSR count). The van der Waals surface area contributed by atoms with Crippen LogP contribution in [0.4, 0.5) is 5.69 Å². The maximum atomic E-state index is 13.4. The third kappa shape index (κ3) is 6.55. The fourth-order valence-corrected chi connectivity index (χ4v) is 4.13. The number of pyridine rings is 1. The predicted octanol–water partition coefficient (Wildman–Crippen LogP) is 3.44. The van der Waals surface area contributed by atoms with Crippen LogP contribution in [0.2, 0.25) is 0 Å². The molecule has 0 radical (unpaired) electrons. The third-order valence-corrected chi connectivity index (χ3v) is 6.29. The molecule has 3 atom stereocenters. The minimum atomic E-state index is -0.169. The van der Waals surface area contributed by atoms with Crippen molar-refractivity contribution < 1.29 is 19.1 Å². The van der Waals surface area contributed by atoms with Crippen molar-refractivity contribution in [1.29, 1.82) is 0 Å². The topological polar surface area (TPSA) is 84.0 Å². The molecule has 0 saturated carbocycles. The van der Waals surface area contributed by atoms with Crippen molar-refractivity contribution in [2.45, 2.75) is 45.9 Å². The smallest absolute Gasteiger partial charge is 0.257 e. The second kappa shape index (κ2) is 11.9. The fraction of sp³-hybridized carbons (Fsp3) is 0.500. The lowest BCUT2D eigenvalue weighted by Crippen LogP contribution is -2.46. The van der Waals surface area contributed by atoms with Gasteiger partial charge in [0.1, 0.15) is 12.4 Å². The number of nitrogens with one attached hydrogen (secondary N) is 1. The van der Waals surface area contributed by atoms with Crippen molar-refractivity contribution in [3.63, 3.8) is 0 Å². The Morgan fingerprint density at radius 1 is 1.26 bits per heavy atom. The quantitative estimate of drug-likeness (QED) is 0.724. The van der Waals surface area contributed by atoms with E-state index >= 15 is 0 Å². The second-order valence-corrected chi connectivity index (χ2v) is 9.00. The van der Waals surface area contributed by atoms with Gasteiger partial charge in [-0.05, 0) is 42.7 Å². The molecule has 2 amide bonds. The zero-order chi connectivity index (χ0) is 24.7. The number of carbonyl (C=O) groups is 2. The molecule has 1 aromatic heterocycles. The first kappa shape index (κ1) is 25.6. The van der Waals surface area contributed by atoms with Gasteiger partial charge in [0.2, 0.25) is 5.91 Å². The maximum Gasteiger partial charge on any atom is 0.257 e. The standard InChI is InChI=1S/C26H36N4O4/c1-6-25(31)28-21-9-10-23-22(12-21)26(32)29(4)16-24(33-5)18(2)14-30(19(3)17-34-23)15-20-8-7-11-27-13-20/h7-13,18-19,24H,6,14-17H2,1-5H3,(H,28,31)/t18-,19-,24+/m1/s1. The van der Waals surface area contributed by atoms with Gasteiger partial charge in [0.25, 0.3) is 5.91 Å². The van der Waals surface area contributed by atoms with E-state index in [4.69, 9.17) is 9.47 Å². The number of ether oxygens (including phenoxy) is 2. The van der Waals surface area contributed by atoms with E-state index in [2.05, 4.69) is 35.1 Å². The SMILES string of the molecule is CCC(=O)Nc1ccc2c(c1)C(=O)N(C)C[C@H](OC)[C@H](C)CN(Cc1cccnc1)[C@H](C)CO2. The van der Waals surface area contributed by atoms with Crippen LogP contribution in [0.5, 0.6) is 5.75 Å². The highest BCUT2D eigenvalue weighted by Crippen LogP contribution is 2.27. The summed E-state index contributed by atoms with van der Waals surface area (Å²) in [5.41, 5.74) is 2.13. The van der Waals surface area contributed by atoms with Gasteiger partial charge in [-0.15, -0.1) is 0 Å². The molecule has 0 saturated heterocycles. The van der Waals surface area contributed by atoms with E-state index in [1.165, 1.54) is 0 Å². The Balaban J connectivity index is 1.93. The van der Waals surface area contributed by atoms with Crippen molar-refractivity contribution in [1.82, 2.24) is 14.8 Å². The van der Waals surface area contributed by atoms with Gasteiger partial charge in [-0.3, -0.25) is 19.5 Å². The van der Waals surface area contributed by atoms with Crippen LogP contribution in [-0.4, -0.2) is 72.6 Å². The first-order chi connectivity index (χ1) is 16.3. The number of hydrogen-bond donors (Lipinski definition) is 1. The summed E-state index contributed by atoms with van der Waals surface area (Å²) in [7, 11) is 3.46. The van der Waals surface area contributed by atoms with Crippen LogP contribution in [0.3, 0.4) is 0 Å². The predicted molar refractivity (Wildman–Crippen MR) is 132 cm³/mol. The molecule has 0 unspecified atom stereocenters. The maximum absolute atomic E-state index is 13.4. The molecule has 2 aromatic rings. The lowest BCUT2D eigenvalue weighted by atomic mass is 10.0. The Bertz CT molecular complexity index is 969. The van der Waals surface area contributed by atoms with Gasteiger partial charge in [0.15, 0.2) is 0 Å². The average Bonchev–Trinajstić information content (AvgIpc) is 2.85. The van der Waals surface area contributed by atoms with Gasteiger partial charge < -0.3 is 19.7 Å². The van der Waals surface area contributed by atoms with E-state index in [0.717, 1.165) is 18.7 Å². The van der Waals surface area contributed by atoms with Gasteiger partial charge in [0, 0.05) is 64.3 Å². The van der Waals surface area contributed by atoms with E-state index in [1.807, 2.05) is 12.3 Å². The van der Waals surface area contributed by atoms with Crippen LogP contribution in [0.25, 0.3) is 0 Å². The van der Waals surface area contributed by atoms with Crippen molar-refractivity contribution in [3.8, 4) is 5.75 Å². The molecular weight excluding hydrogens is 432 g/mol. The molecule has 0 aliphatic carbocycles. The number of nitrogens with zero attached hydrogens (tertiary/aromatic N) is 3. The van der Waals surface area contributed by atoms with E-state index in [9.17, 15) is 9.59 Å². The molecule has 184 valence electrons. The normalized spacial score (nSPS) is 22.2. The number of benzene rings is 1. The third-order valence-electron chi connectivity index (χ3n) is 6.29. The van der Waals surface area contributed by atoms with Crippen molar-refractivity contribution in [2.75, 3.05) is 39.2 Å². The fourth-order valence-electron chi connectivity index (χ4n) is 4.13. The summed E-state index contributed by atoms with van der Waals surface area (Å²) in [6.45, 7) is 8.44. The number of likely N-dealkylation sites (N-methyl/N-ethyl adjacent to an activating group) is 1. The highest BCUT2D eigenvalue weighted by atomic mass is 16.5. The van der Waals surface area contributed by atoms with Crippen LogP contribution < -0.4 is 10.1 Å². The summed E-state index contributed by atoms with van der Waals surface area (Å²) in [6.07, 6.45) is 3.89. The molecule has 0 bridgehead atoms. The molecule has 8 nitrogen and oxygen atoms in total. The molecule has 1 N–H and O–H groups in total. The average molecular weight is 469 g/mol. The first-order valence-electron chi connectivity index (χ1n) is 11.8. The monoisotopic (exact) mass is 468 g/mol. The van der Waals surface area contributed by atoms with Crippen molar-refractivity contribution >= 4 is 17.5 Å². The molecule has 8 heteroatoms. The van der Waals surface area contributed by atoms with Gasteiger partial charge in [-0.25, -0.2) is 0 Å². The van der Waals surface area contributed by atoms with Crippen molar-refractivity contribution in [2.24, 2.45) is 5.92 Å². The van der Waals surface area contributed by atoms with Gasteiger partial charge in [-0.1, -0.05) is 19.9 Å². The number of methoxy groups -OCH3 is 1. The van der Waals surface area contributed by atoms with Crippen LogP contribution in [0.1, 0.15) is 43.1 Å². The number of hydrogen-bond acceptors (Lipinski definition) is 6. The summed E-state index contributed by atoms with van der Waals surface area (Å²) in [5.74, 6) is 0.399. The molecule has 0 fully saturated rings. The largest absolute Gasteiger partial charge is 0.491 e. The van der Waals surface area contributed by atoms with Gasteiger partial charge >= 0.3 is 0 Å². The molecule has 1 aliphatic rings. The first-order valence-corrected chi connectivity index (χ1v) is 11.8. The number of aromatic nitrogens is 1. The highest BCUT2D eigenvalue weighted by molar-refractivity contribution is 5.99. The summed E-state index contributed by atoms with van der Waals surface area (Å²) in [6, 6.07) is 9.32. The Hall–Kier alpha value is -2.97. The van der Waals surface area contributed by atoms with Crippen LogP contribution in [-0.2, 0) is 16.1 Å². The molecular formula is C26H36N4O4. The van der Waals surface area contributed by atoms with E-state index < -0.39 is 0 Å². The second-order valence-electron chi connectivity index (χ2n) is 9.00. The summed E-state index contributed by atoms with van der Waals surface area (Å²) < 4.78 is 12.0. The van der Waals surface area contributed by atoms with Crippen LogP contribution in [0.15, 0.2) is 42.7 Å². The highest BCUT2D eigenvalue weighted by Gasteiger charge is 2.28. The molecule has 1 aromatic carbocycles. The van der Waals surface area contributed by atoms with Crippen LogP contribution >= 0.6 is 0 Å². The lowest BCUT2D eigenvalue weighted by molar-refractivity contribution is -0.115. The number of rotatable bonds is 5. The van der Waals surface area contributed by atoms with Crippen molar-refractivity contribution in [3.05, 3.63) is 53.9 Å². The zero-order valence-corrected chi connectivity index (χ0v) is 20.8. The molecule has 34 heavy (non-hydrogen) atoms.